The van der Waals surface area contributed by atoms with E-state index in [4.69, 9.17) is 0 Å². The molecule has 2 aromatic carbocycles. The van der Waals surface area contributed by atoms with Crippen LogP contribution in [0.25, 0.3) is 0 Å². The van der Waals surface area contributed by atoms with Crippen molar-refractivity contribution in [3.05, 3.63) is 60.2 Å². The van der Waals surface area contributed by atoms with Crippen LogP contribution in [-0.2, 0) is 14.8 Å². The average Bonchev–Trinajstić information content (AvgIpc) is 2.61. The van der Waals surface area contributed by atoms with Crippen molar-refractivity contribution in [3.63, 3.8) is 0 Å². The highest BCUT2D eigenvalue weighted by Gasteiger charge is 2.14. The minimum absolute atomic E-state index is 0.130. The van der Waals surface area contributed by atoms with E-state index in [0.717, 1.165) is 12.2 Å². The number of sulfonamides is 1. The molecule has 0 radical (unpaired) electrons. The maximum atomic E-state index is 12.2. The van der Waals surface area contributed by atoms with E-state index in [1.54, 1.807) is 11.8 Å². The topological polar surface area (TPSA) is 72.5 Å². The van der Waals surface area contributed by atoms with E-state index in [-0.39, 0.29) is 4.90 Å². The zero-order valence-corrected chi connectivity index (χ0v) is 14.9. The van der Waals surface area contributed by atoms with Gasteiger partial charge in [-0.05, 0) is 48.6 Å². The van der Waals surface area contributed by atoms with Gasteiger partial charge in [-0.3, -0.25) is 0 Å². The summed E-state index contributed by atoms with van der Waals surface area (Å²) in [5, 5.41) is 0. The lowest BCUT2D eigenvalue weighted by Gasteiger charge is -2.07. The minimum Gasteiger partial charge on any atom is -0.465 e. The van der Waals surface area contributed by atoms with Gasteiger partial charge >= 0.3 is 5.97 Å². The Labute approximate surface area is 146 Å². The number of ether oxygens (including phenoxy) is 1. The molecule has 0 aliphatic rings. The summed E-state index contributed by atoms with van der Waals surface area (Å²) in [7, 11) is -2.29. The predicted molar refractivity (Wildman–Crippen MR) is 94.8 cm³/mol. The molecular weight excluding hydrogens is 346 g/mol. The van der Waals surface area contributed by atoms with Crippen LogP contribution in [0.15, 0.2) is 64.4 Å². The zero-order chi connectivity index (χ0) is 17.4. The number of benzene rings is 2. The van der Waals surface area contributed by atoms with Gasteiger partial charge in [-0.1, -0.05) is 18.2 Å². The van der Waals surface area contributed by atoms with Crippen molar-refractivity contribution in [2.45, 2.75) is 16.2 Å². The maximum Gasteiger partial charge on any atom is 0.337 e. The van der Waals surface area contributed by atoms with Gasteiger partial charge in [-0.15, -0.1) is 11.8 Å². The molecule has 0 bridgehead atoms. The van der Waals surface area contributed by atoms with E-state index in [1.807, 2.05) is 30.3 Å². The van der Waals surface area contributed by atoms with Crippen LogP contribution in [0.3, 0.4) is 0 Å². The molecule has 24 heavy (non-hydrogen) atoms. The molecule has 0 saturated carbocycles. The SMILES string of the molecule is COC(=O)c1ccc(S(=O)(=O)NCCCSc2ccccc2)cc1. The Bertz CT molecular complexity index is 759. The molecule has 0 aliphatic carbocycles. The highest BCUT2D eigenvalue weighted by Crippen LogP contribution is 2.17. The van der Waals surface area contributed by atoms with E-state index in [9.17, 15) is 13.2 Å². The second-order valence-corrected chi connectivity index (χ2v) is 7.86. The molecule has 0 unspecified atom stereocenters. The molecule has 0 amide bonds. The lowest BCUT2D eigenvalue weighted by atomic mass is 10.2. The normalized spacial score (nSPS) is 11.2. The molecule has 7 heteroatoms. The predicted octanol–water partition coefficient (Wildman–Crippen LogP) is 2.93. The third-order valence-electron chi connectivity index (χ3n) is 3.21. The van der Waals surface area contributed by atoms with Crippen LogP contribution in [0, 0.1) is 0 Å². The Morgan fingerprint density at radius 2 is 1.75 bits per heavy atom. The number of thioether (sulfide) groups is 1. The van der Waals surface area contributed by atoms with E-state index in [0.29, 0.717) is 12.1 Å². The van der Waals surface area contributed by atoms with Crippen molar-refractivity contribution in [1.82, 2.24) is 4.72 Å². The summed E-state index contributed by atoms with van der Waals surface area (Å²) in [6, 6.07) is 15.6. The molecule has 0 spiro atoms. The second kappa shape index (κ2) is 8.86. The molecule has 128 valence electrons. The van der Waals surface area contributed by atoms with Gasteiger partial charge in [0.25, 0.3) is 0 Å². The number of methoxy groups -OCH3 is 1. The van der Waals surface area contributed by atoms with Crippen LogP contribution in [0.5, 0.6) is 0 Å². The number of esters is 1. The Kier molecular flexibility index (Phi) is 6.84. The first-order chi connectivity index (χ1) is 11.5. The molecule has 5 nitrogen and oxygen atoms in total. The Hall–Kier alpha value is -1.83. The Morgan fingerprint density at radius 3 is 2.38 bits per heavy atom. The molecule has 0 aromatic heterocycles. The van der Waals surface area contributed by atoms with Crippen molar-refractivity contribution < 1.29 is 17.9 Å². The summed E-state index contributed by atoms with van der Waals surface area (Å²) in [6.07, 6.45) is 0.721. The number of nitrogens with one attached hydrogen (secondary N) is 1. The standard InChI is InChI=1S/C17H19NO4S2/c1-22-17(19)14-8-10-16(11-9-14)24(20,21)18-12-5-13-23-15-6-3-2-4-7-15/h2-4,6-11,18H,5,12-13H2,1H3. The van der Waals surface area contributed by atoms with Gasteiger partial charge in [0.2, 0.25) is 10.0 Å². The summed E-state index contributed by atoms with van der Waals surface area (Å²) in [6.45, 7) is 0.362. The van der Waals surface area contributed by atoms with Crippen molar-refractivity contribution in [3.8, 4) is 0 Å². The fraction of sp³-hybridized carbons (Fsp3) is 0.235. The maximum absolute atomic E-state index is 12.2. The van der Waals surface area contributed by atoms with Crippen LogP contribution in [0.4, 0.5) is 0 Å². The quantitative estimate of drug-likeness (QED) is 0.442. The number of hydrogen-bond donors (Lipinski definition) is 1. The summed E-state index contributed by atoms with van der Waals surface area (Å²) in [5.74, 6) is 0.332. The highest BCUT2D eigenvalue weighted by atomic mass is 32.2. The molecule has 0 atom stereocenters. The molecule has 2 aromatic rings. The smallest absolute Gasteiger partial charge is 0.337 e. The number of rotatable bonds is 8. The molecule has 1 N–H and O–H groups in total. The van der Waals surface area contributed by atoms with Gasteiger partial charge in [0.15, 0.2) is 0 Å². The van der Waals surface area contributed by atoms with Crippen LogP contribution >= 0.6 is 11.8 Å². The Balaban J connectivity index is 1.81. The number of carbonyl (C=O) groups is 1. The van der Waals surface area contributed by atoms with Crippen LogP contribution in [-0.4, -0.2) is 33.8 Å². The average molecular weight is 365 g/mol. The van der Waals surface area contributed by atoms with Gasteiger partial charge < -0.3 is 4.74 Å². The summed E-state index contributed by atoms with van der Waals surface area (Å²) < 4.78 is 31.5. The summed E-state index contributed by atoms with van der Waals surface area (Å²) in [5.41, 5.74) is 0.315. The fourth-order valence-corrected chi connectivity index (χ4v) is 3.90. The van der Waals surface area contributed by atoms with E-state index >= 15 is 0 Å². The monoisotopic (exact) mass is 365 g/mol. The summed E-state index contributed by atoms with van der Waals surface area (Å²) >= 11 is 1.69. The molecule has 0 saturated heterocycles. The lowest BCUT2D eigenvalue weighted by molar-refractivity contribution is 0.0600. The van der Waals surface area contributed by atoms with Crippen LogP contribution in [0.2, 0.25) is 0 Å². The molecule has 0 fully saturated rings. The van der Waals surface area contributed by atoms with Crippen LogP contribution in [0.1, 0.15) is 16.8 Å². The van der Waals surface area contributed by atoms with E-state index in [1.165, 1.54) is 36.3 Å². The first-order valence-electron chi connectivity index (χ1n) is 7.39. The third-order valence-corrected chi connectivity index (χ3v) is 5.79. The summed E-state index contributed by atoms with van der Waals surface area (Å²) in [4.78, 5) is 12.6. The van der Waals surface area contributed by atoms with Crippen molar-refractivity contribution >= 4 is 27.8 Å². The molecule has 0 aliphatic heterocycles. The minimum atomic E-state index is -3.57. The molecule has 0 heterocycles. The number of carbonyl (C=O) groups excluding carboxylic acids is 1. The van der Waals surface area contributed by atoms with Gasteiger partial charge in [0.1, 0.15) is 0 Å². The van der Waals surface area contributed by atoms with E-state index in [2.05, 4.69) is 9.46 Å². The van der Waals surface area contributed by atoms with Crippen molar-refractivity contribution in [1.29, 1.82) is 0 Å². The lowest BCUT2D eigenvalue weighted by Crippen LogP contribution is -2.25. The van der Waals surface area contributed by atoms with Gasteiger partial charge in [-0.2, -0.15) is 0 Å². The third kappa shape index (κ3) is 5.36. The van der Waals surface area contributed by atoms with Crippen molar-refractivity contribution in [2.24, 2.45) is 0 Å². The molecule has 2 rings (SSSR count). The number of hydrogen-bond acceptors (Lipinski definition) is 5. The first-order valence-corrected chi connectivity index (χ1v) is 9.86. The highest BCUT2D eigenvalue weighted by molar-refractivity contribution is 7.99. The van der Waals surface area contributed by atoms with Gasteiger partial charge in [-0.25, -0.2) is 17.9 Å². The first kappa shape index (κ1) is 18.5. The zero-order valence-electron chi connectivity index (χ0n) is 13.3. The fourth-order valence-electron chi connectivity index (χ4n) is 1.96. The molecular formula is C17H19NO4S2. The Morgan fingerprint density at radius 1 is 1.08 bits per heavy atom. The van der Waals surface area contributed by atoms with E-state index < -0.39 is 16.0 Å². The van der Waals surface area contributed by atoms with Crippen molar-refractivity contribution in [2.75, 3.05) is 19.4 Å². The van der Waals surface area contributed by atoms with Crippen LogP contribution < -0.4 is 4.72 Å². The van der Waals surface area contributed by atoms with Gasteiger partial charge in [0.05, 0.1) is 17.6 Å². The second-order valence-electron chi connectivity index (χ2n) is 4.93. The van der Waals surface area contributed by atoms with Gasteiger partial charge in [0, 0.05) is 11.4 Å². The largest absolute Gasteiger partial charge is 0.465 e.